The van der Waals surface area contributed by atoms with Gasteiger partial charge in [0.2, 0.25) is 11.8 Å². The summed E-state index contributed by atoms with van der Waals surface area (Å²) < 4.78 is 5.98. The zero-order valence-corrected chi connectivity index (χ0v) is 18.0. The monoisotopic (exact) mass is 419 g/mol. The number of nitrogens with zero attached hydrogens (tertiary/aromatic N) is 2. The van der Waals surface area contributed by atoms with Crippen LogP contribution in [0.5, 0.6) is 5.75 Å². The highest BCUT2D eigenvalue weighted by Gasteiger charge is 2.60. The SMILES string of the molecule is CCCN1CC[C@]23C(=O)N(CC(=O)NCCCOc4cccc(c4)[C@H]12)c1ccccc13. The van der Waals surface area contributed by atoms with Gasteiger partial charge in [-0.05, 0) is 55.1 Å². The van der Waals surface area contributed by atoms with Gasteiger partial charge in [-0.15, -0.1) is 0 Å². The average Bonchev–Trinajstić information content (AvgIpc) is 3.26. The average molecular weight is 420 g/mol. The van der Waals surface area contributed by atoms with Gasteiger partial charge in [0, 0.05) is 18.8 Å². The molecule has 1 saturated heterocycles. The van der Waals surface area contributed by atoms with Crippen molar-refractivity contribution in [2.45, 2.75) is 37.6 Å². The van der Waals surface area contributed by atoms with Gasteiger partial charge in [-0.2, -0.15) is 0 Å². The summed E-state index contributed by atoms with van der Waals surface area (Å²) in [6.07, 6.45) is 2.48. The molecule has 0 saturated carbocycles. The molecule has 3 aliphatic heterocycles. The third-order valence-corrected chi connectivity index (χ3v) is 6.83. The Morgan fingerprint density at radius 3 is 2.90 bits per heavy atom. The molecular weight excluding hydrogens is 390 g/mol. The van der Waals surface area contributed by atoms with Crippen LogP contribution in [-0.2, 0) is 15.0 Å². The van der Waals surface area contributed by atoms with E-state index in [-0.39, 0.29) is 24.4 Å². The van der Waals surface area contributed by atoms with Gasteiger partial charge < -0.3 is 15.0 Å². The summed E-state index contributed by atoms with van der Waals surface area (Å²) in [6.45, 7) is 5.08. The molecule has 0 aliphatic carbocycles. The van der Waals surface area contributed by atoms with E-state index in [0.29, 0.717) is 13.2 Å². The van der Waals surface area contributed by atoms with Crippen LogP contribution in [0, 0.1) is 0 Å². The molecule has 6 nitrogen and oxygen atoms in total. The van der Waals surface area contributed by atoms with Crippen LogP contribution in [0.2, 0.25) is 0 Å². The zero-order valence-electron chi connectivity index (χ0n) is 18.0. The number of nitrogens with one attached hydrogen (secondary N) is 1. The molecule has 162 valence electrons. The minimum Gasteiger partial charge on any atom is -0.494 e. The van der Waals surface area contributed by atoms with Crippen LogP contribution in [0.15, 0.2) is 48.5 Å². The molecule has 1 N–H and O–H groups in total. The standard InChI is InChI=1S/C25H29N3O3/c1-2-13-27-14-11-25-20-9-3-4-10-21(20)28(24(25)30)17-22(29)26-12-6-15-31-19-8-5-7-18(16-19)23(25)27/h3-5,7-10,16,23H,2,6,11-15,17H2,1H3,(H,26,29)/t23-,25+/m0/s1. The number of fused-ring (bicyclic) bond motifs is 6. The Morgan fingerprint density at radius 1 is 1.16 bits per heavy atom. The normalized spacial score (nSPS) is 26.0. The number of amides is 2. The van der Waals surface area contributed by atoms with Gasteiger partial charge in [0.05, 0.1) is 18.1 Å². The Balaban J connectivity index is 1.70. The Kier molecular flexibility index (Phi) is 5.18. The van der Waals surface area contributed by atoms with Crippen molar-refractivity contribution in [3.63, 3.8) is 0 Å². The van der Waals surface area contributed by atoms with Crippen LogP contribution >= 0.6 is 0 Å². The van der Waals surface area contributed by atoms with E-state index in [9.17, 15) is 9.59 Å². The van der Waals surface area contributed by atoms with Gasteiger partial charge in [-0.3, -0.25) is 14.5 Å². The number of para-hydroxylation sites is 1. The number of anilines is 1. The quantitative estimate of drug-likeness (QED) is 0.813. The number of ether oxygens (including phenoxy) is 1. The second-order valence-corrected chi connectivity index (χ2v) is 8.69. The van der Waals surface area contributed by atoms with Crippen molar-refractivity contribution in [3.8, 4) is 5.75 Å². The Morgan fingerprint density at radius 2 is 2.03 bits per heavy atom. The second kappa shape index (κ2) is 8.00. The van der Waals surface area contributed by atoms with Crippen molar-refractivity contribution in [2.24, 2.45) is 0 Å². The molecule has 2 amide bonds. The van der Waals surface area contributed by atoms with Crippen LogP contribution in [0.3, 0.4) is 0 Å². The molecule has 4 bridgehead atoms. The van der Waals surface area contributed by atoms with E-state index < -0.39 is 5.41 Å². The Bertz CT molecular complexity index is 1010. The van der Waals surface area contributed by atoms with E-state index in [1.165, 1.54) is 0 Å². The molecule has 2 aromatic carbocycles. The lowest BCUT2D eigenvalue weighted by molar-refractivity contribution is -0.127. The molecule has 1 spiro atoms. The topological polar surface area (TPSA) is 61.9 Å². The first-order valence-electron chi connectivity index (χ1n) is 11.3. The van der Waals surface area contributed by atoms with Crippen molar-refractivity contribution in [2.75, 3.05) is 37.7 Å². The van der Waals surface area contributed by atoms with Crippen LogP contribution in [0.1, 0.15) is 43.4 Å². The minimum atomic E-state index is -0.686. The summed E-state index contributed by atoms with van der Waals surface area (Å²) in [5.74, 6) is 0.724. The van der Waals surface area contributed by atoms with Crippen molar-refractivity contribution < 1.29 is 14.3 Å². The summed E-state index contributed by atoms with van der Waals surface area (Å²) in [5.41, 5.74) is 2.33. The Labute approximate surface area is 183 Å². The van der Waals surface area contributed by atoms with Crippen molar-refractivity contribution in [1.29, 1.82) is 0 Å². The third kappa shape index (κ3) is 3.21. The molecule has 2 atom stereocenters. The lowest BCUT2D eigenvalue weighted by Crippen LogP contribution is -2.47. The number of likely N-dealkylation sites (tertiary alicyclic amines) is 1. The smallest absolute Gasteiger partial charge is 0.240 e. The lowest BCUT2D eigenvalue weighted by atomic mass is 9.72. The molecular formula is C25H29N3O3. The lowest BCUT2D eigenvalue weighted by Gasteiger charge is -2.35. The van der Waals surface area contributed by atoms with E-state index in [0.717, 1.165) is 54.9 Å². The number of hydrogen-bond acceptors (Lipinski definition) is 4. The van der Waals surface area contributed by atoms with Gasteiger partial charge >= 0.3 is 0 Å². The molecule has 5 rings (SSSR count). The molecule has 0 radical (unpaired) electrons. The zero-order chi connectivity index (χ0) is 21.4. The highest BCUT2D eigenvalue weighted by atomic mass is 16.5. The number of hydrogen-bond donors (Lipinski definition) is 1. The first kappa shape index (κ1) is 20.1. The number of benzene rings is 2. The van der Waals surface area contributed by atoms with Crippen molar-refractivity contribution in [1.82, 2.24) is 10.2 Å². The maximum absolute atomic E-state index is 14.1. The summed E-state index contributed by atoms with van der Waals surface area (Å²) >= 11 is 0. The van der Waals surface area contributed by atoms with E-state index in [4.69, 9.17) is 4.74 Å². The predicted molar refractivity (Wildman–Crippen MR) is 119 cm³/mol. The molecule has 3 aliphatic rings. The molecule has 0 aromatic heterocycles. The highest BCUT2D eigenvalue weighted by Crippen LogP contribution is 2.56. The summed E-state index contributed by atoms with van der Waals surface area (Å²) in [6, 6.07) is 16.1. The molecule has 0 unspecified atom stereocenters. The van der Waals surface area contributed by atoms with Gasteiger partial charge in [0.1, 0.15) is 12.3 Å². The Hall–Kier alpha value is -2.86. The molecule has 6 heteroatoms. The highest BCUT2D eigenvalue weighted by molar-refractivity contribution is 6.11. The molecule has 3 heterocycles. The summed E-state index contributed by atoms with van der Waals surface area (Å²) in [7, 11) is 0. The fourth-order valence-corrected chi connectivity index (χ4v) is 5.60. The third-order valence-electron chi connectivity index (χ3n) is 6.83. The maximum atomic E-state index is 14.1. The summed E-state index contributed by atoms with van der Waals surface area (Å²) in [4.78, 5) is 30.9. The van der Waals surface area contributed by atoms with Crippen LogP contribution < -0.4 is 15.0 Å². The van der Waals surface area contributed by atoms with E-state index in [2.05, 4.69) is 35.3 Å². The largest absolute Gasteiger partial charge is 0.494 e. The van der Waals surface area contributed by atoms with E-state index >= 15 is 0 Å². The molecule has 1 fully saturated rings. The number of rotatable bonds is 2. The van der Waals surface area contributed by atoms with E-state index in [1.54, 1.807) is 4.90 Å². The minimum absolute atomic E-state index is 0.0378. The second-order valence-electron chi connectivity index (χ2n) is 8.69. The number of carbonyl (C=O) groups excluding carboxylic acids is 2. The summed E-state index contributed by atoms with van der Waals surface area (Å²) in [5, 5.41) is 2.94. The van der Waals surface area contributed by atoms with Gasteiger partial charge in [0.15, 0.2) is 0 Å². The first-order valence-corrected chi connectivity index (χ1v) is 11.3. The molecule has 2 aromatic rings. The first-order chi connectivity index (χ1) is 15.1. The molecule has 31 heavy (non-hydrogen) atoms. The predicted octanol–water partition coefficient (Wildman–Crippen LogP) is 3.03. The number of carbonyl (C=O) groups is 2. The van der Waals surface area contributed by atoms with Crippen LogP contribution in [0.4, 0.5) is 5.69 Å². The van der Waals surface area contributed by atoms with E-state index in [1.807, 2.05) is 30.3 Å². The van der Waals surface area contributed by atoms with Gasteiger partial charge in [-0.25, -0.2) is 0 Å². The maximum Gasteiger partial charge on any atom is 0.240 e. The van der Waals surface area contributed by atoms with Gasteiger partial charge in [-0.1, -0.05) is 37.3 Å². The van der Waals surface area contributed by atoms with Gasteiger partial charge in [0.25, 0.3) is 0 Å². The van der Waals surface area contributed by atoms with Crippen LogP contribution in [0.25, 0.3) is 0 Å². The van der Waals surface area contributed by atoms with Crippen molar-refractivity contribution >= 4 is 17.5 Å². The van der Waals surface area contributed by atoms with Crippen molar-refractivity contribution in [3.05, 3.63) is 59.7 Å². The fraction of sp³-hybridized carbons (Fsp3) is 0.440. The van der Waals surface area contributed by atoms with Crippen LogP contribution in [-0.4, -0.2) is 49.5 Å². The fourth-order valence-electron chi connectivity index (χ4n) is 5.60.